The van der Waals surface area contributed by atoms with Crippen molar-refractivity contribution in [3.05, 3.63) is 71.4 Å². The molecule has 0 unspecified atom stereocenters. The number of rotatable bonds is 9. The lowest BCUT2D eigenvalue weighted by Crippen LogP contribution is -2.24. The molecule has 0 saturated heterocycles. The number of nitrogens with zero attached hydrogens (tertiary/aromatic N) is 3. The number of nitrogens with one attached hydrogen (secondary N) is 2. The average molecular weight is 446 g/mol. The van der Waals surface area contributed by atoms with Crippen LogP contribution in [0.1, 0.15) is 21.9 Å². The lowest BCUT2D eigenvalue weighted by Gasteiger charge is -2.10. The van der Waals surface area contributed by atoms with Crippen LogP contribution in [0.5, 0.6) is 0 Å². The molecule has 0 radical (unpaired) electrons. The van der Waals surface area contributed by atoms with Gasteiger partial charge in [0.2, 0.25) is 5.91 Å². The smallest absolute Gasteiger partial charge is 0.287 e. The van der Waals surface area contributed by atoms with E-state index in [2.05, 4.69) is 27.4 Å². The number of furan rings is 1. The Kier molecular flexibility index (Phi) is 7.31. The molecule has 0 atom stereocenters. The lowest BCUT2D eigenvalue weighted by atomic mass is 10.2. The van der Waals surface area contributed by atoms with Gasteiger partial charge in [-0.15, -0.1) is 16.8 Å². The Hall–Kier alpha value is -3.04. The Labute approximate surface area is 182 Å². The summed E-state index contributed by atoms with van der Waals surface area (Å²) in [4.78, 5) is 24.4. The molecule has 3 rings (SSSR count). The summed E-state index contributed by atoms with van der Waals surface area (Å²) in [6, 6.07) is 8.49. The van der Waals surface area contributed by atoms with Crippen molar-refractivity contribution in [3.63, 3.8) is 0 Å². The standard InChI is InChI=1S/C20H20ClN5O3S/c1-3-8-26-17(11-22-19(28)16-5-4-9-29-16)24-25-20(26)30-12-18(27)23-15-7-6-14(21)10-13(15)2/h3-7,9-10H,1,8,11-12H2,2H3,(H,22,28)(H,23,27). The molecular weight excluding hydrogens is 426 g/mol. The highest BCUT2D eigenvalue weighted by Gasteiger charge is 2.16. The molecule has 2 aromatic heterocycles. The Morgan fingerprint density at radius 1 is 1.33 bits per heavy atom. The first-order valence-corrected chi connectivity index (χ1v) is 10.4. The Bertz CT molecular complexity index is 1050. The second-order valence-electron chi connectivity index (χ2n) is 6.25. The highest BCUT2D eigenvalue weighted by atomic mass is 35.5. The average Bonchev–Trinajstić information content (AvgIpc) is 3.38. The van der Waals surface area contributed by atoms with Crippen LogP contribution in [-0.2, 0) is 17.9 Å². The van der Waals surface area contributed by atoms with Crippen molar-refractivity contribution in [1.82, 2.24) is 20.1 Å². The zero-order valence-electron chi connectivity index (χ0n) is 16.2. The molecule has 0 aliphatic carbocycles. The molecule has 0 spiro atoms. The number of halogens is 1. The second-order valence-corrected chi connectivity index (χ2v) is 7.63. The molecule has 1 aromatic carbocycles. The summed E-state index contributed by atoms with van der Waals surface area (Å²) < 4.78 is 6.86. The van der Waals surface area contributed by atoms with Crippen molar-refractivity contribution < 1.29 is 14.0 Å². The van der Waals surface area contributed by atoms with Crippen molar-refractivity contribution in [2.24, 2.45) is 0 Å². The zero-order valence-corrected chi connectivity index (χ0v) is 17.8. The molecule has 0 aliphatic rings. The van der Waals surface area contributed by atoms with Crippen molar-refractivity contribution in [2.75, 3.05) is 11.1 Å². The van der Waals surface area contributed by atoms with E-state index in [0.29, 0.717) is 28.2 Å². The van der Waals surface area contributed by atoms with E-state index in [1.54, 1.807) is 41.0 Å². The van der Waals surface area contributed by atoms with E-state index >= 15 is 0 Å². The van der Waals surface area contributed by atoms with Gasteiger partial charge in [-0.3, -0.25) is 9.59 Å². The maximum atomic E-state index is 12.3. The van der Waals surface area contributed by atoms with Crippen molar-refractivity contribution in [2.45, 2.75) is 25.2 Å². The third-order valence-electron chi connectivity index (χ3n) is 4.05. The van der Waals surface area contributed by atoms with Crippen molar-refractivity contribution in [1.29, 1.82) is 0 Å². The number of aryl methyl sites for hydroxylation is 1. The van der Waals surface area contributed by atoms with E-state index < -0.39 is 0 Å². The molecule has 8 nitrogen and oxygen atoms in total. The summed E-state index contributed by atoms with van der Waals surface area (Å²) in [5, 5.41) is 15.0. The first-order valence-electron chi connectivity index (χ1n) is 9.01. The number of aromatic nitrogens is 3. The van der Waals surface area contributed by atoms with Gasteiger partial charge in [-0.1, -0.05) is 29.4 Å². The van der Waals surface area contributed by atoms with Crippen LogP contribution in [0.15, 0.2) is 58.8 Å². The number of benzene rings is 1. The van der Waals surface area contributed by atoms with Crippen LogP contribution in [0.4, 0.5) is 5.69 Å². The maximum absolute atomic E-state index is 12.3. The third kappa shape index (κ3) is 5.52. The quantitative estimate of drug-likeness (QED) is 0.385. The van der Waals surface area contributed by atoms with Gasteiger partial charge in [0.05, 0.1) is 18.6 Å². The van der Waals surface area contributed by atoms with Gasteiger partial charge in [0.25, 0.3) is 5.91 Å². The summed E-state index contributed by atoms with van der Waals surface area (Å²) in [5.41, 5.74) is 1.59. The highest BCUT2D eigenvalue weighted by molar-refractivity contribution is 7.99. The van der Waals surface area contributed by atoms with Crippen LogP contribution in [0, 0.1) is 6.92 Å². The SMILES string of the molecule is C=CCn1c(CNC(=O)c2ccco2)nnc1SCC(=O)Nc1ccc(Cl)cc1C. The summed E-state index contributed by atoms with van der Waals surface area (Å²) in [7, 11) is 0. The van der Waals surface area contributed by atoms with Crippen LogP contribution in [0.3, 0.4) is 0 Å². The summed E-state index contributed by atoms with van der Waals surface area (Å²) >= 11 is 7.19. The van der Waals surface area contributed by atoms with Gasteiger partial charge in [0.15, 0.2) is 16.7 Å². The number of thioether (sulfide) groups is 1. The van der Waals surface area contributed by atoms with E-state index in [0.717, 1.165) is 5.56 Å². The Morgan fingerprint density at radius 2 is 2.17 bits per heavy atom. The fraction of sp³-hybridized carbons (Fsp3) is 0.200. The molecule has 10 heteroatoms. The Balaban J connectivity index is 1.60. The molecule has 30 heavy (non-hydrogen) atoms. The monoisotopic (exact) mass is 445 g/mol. The molecular formula is C20H20ClN5O3S. The predicted molar refractivity (Wildman–Crippen MR) is 116 cm³/mol. The third-order valence-corrected chi connectivity index (χ3v) is 5.25. The largest absolute Gasteiger partial charge is 0.459 e. The number of carbonyl (C=O) groups excluding carboxylic acids is 2. The number of amides is 2. The number of hydrogen-bond donors (Lipinski definition) is 2. The van der Waals surface area contributed by atoms with Gasteiger partial charge in [0.1, 0.15) is 0 Å². The normalized spacial score (nSPS) is 10.6. The molecule has 0 bridgehead atoms. The molecule has 0 fully saturated rings. The minimum Gasteiger partial charge on any atom is -0.459 e. The van der Waals surface area contributed by atoms with Gasteiger partial charge in [-0.25, -0.2) is 0 Å². The van der Waals surface area contributed by atoms with Crippen LogP contribution < -0.4 is 10.6 Å². The second kappa shape index (κ2) is 10.1. The molecule has 156 valence electrons. The van der Waals surface area contributed by atoms with Crippen molar-refractivity contribution >= 4 is 40.9 Å². The van der Waals surface area contributed by atoms with Gasteiger partial charge in [-0.05, 0) is 42.8 Å². The molecule has 0 aliphatic heterocycles. The van der Waals surface area contributed by atoms with Gasteiger partial charge in [0, 0.05) is 17.3 Å². The number of hydrogen-bond acceptors (Lipinski definition) is 6. The number of allylic oxidation sites excluding steroid dienone is 1. The molecule has 2 N–H and O–H groups in total. The summed E-state index contributed by atoms with van der Waals surface area (Å²) in [6.07, 6.45) is 3.13. The molecule has 0 saturated carbocycles. The first kappa shape index (κ1) is 21.7. The van der Waals surface area contributed by atoms with E-state index in [9.17, 15) is 9.59 Å². The van der Waals surface area contributed by atoms with E-state index in [1.165, 1.54) is 18.0 Å². The molecule has 3 aromatic rings. The summed E-state index contributed by atoms with van der Waals surface area (Å²) in [5.74, 6) is 0.391. The van der Waals surface area contributed by atoms with Gasteiger partial charge < -0.3 is 19.6 Å². The fourth-order valence-electron chi connectivity index (χ4n) is 2.61. The van der Waals surface area contributed by atoms with E-state index in [-0.39, 0.29) is 29.9 Å². The fourth-order valence-corrected chi connectivity index (χ4v) is 3.60. The first-order chi connectivity index (χ1) is 14.5. The van der Waals surface area contributed by atoms with Crippen LogP contribution >= 0.6 is 23.4 Å². The van der Waals surface area contributed by atoms with E-state index in [1.807, 2.05) is 6.92 Å². The maximum Gasteiger partial charge on any atom is 0.287 e. The lowest BCUT2D eigenvalue weighted by molar-refractivity contribution is -0.113. The molecule has 2 heterocycles. The number of carbonyl (C=O) groups is 2. The van der Waals surface area contributed by atoms with Crippen molar-refractivity contribution in [3.8, 4) is 0 Å². The Morgan fingerprint density at radius 3 is 2.87 bits per heavy atom. The van der Waals surface area contributed by atoms with Crippen LogP contribution in [0.25, 0.3) is 0 Å². The van der Waals surface area contributed by atoms with Crippen LogP contribution in [-0.4, -0.2) is 32.3 Å². The minimum absolute atomic E-state index is 0.149. The predicted octanol–water partition coefficient (Wildman–Crippen LogP) is 3.68. The topological polar surface area (TPSA) is 102 Å². The van der Waals surface area contributed by atoms with Gasteiger partial charge >= 0.3 is 0 Å². The molecule has 2 amide bonds. The summed E-state index contributed by atoms with van der Waals surface area (Å²) in [6.45, 7) is 6.22. The number of anilines is 1. The van der Waals surface area contributed by atoms with E-state index in [4.69, 9.17) is 16.0 Å². The highest BCUT2D eigenvalue weighted by Crippen LogP contribution is 2.21. The van der Waals surface area contributed by atoms with Crippen LogP contribution in [0.2, 0.25) is 5.02 Å². The van der Waals surface area contributed by atoms with Gasteiger partial charge in [-0.2, -0.15) is 0 Å². The zero-order chi connectivity index (χ0) is 21.5. The minimum atomic E-state index is -0.347.